The van der Waals surface area contributed by atoms with E-state index >= 15 is 0 Å². The van der Waals surface area contributed by atoms with Gasteiger partial charge in [0.25, 0.3) is 0 Å². The summed E-state index contributed by atoms with van der Waals surface area (Å²) in [7, 11) is 0. The van der Waals surface area contributed by atoms with E-state index in [9.17, 15) is 14.4 Å². The molecule has 0 heterocycles. The molecule has 3 amide bonds. The second-order valence-corrected chi connectivity index (χ2v) is 6.75. The highest BCUT2D eigenvalue weighted by Crippen LogP contribution is 2.50. The largest absolute Gasteiger partial charge is 0.370 e. The summed E-state index contributed by atoms with van der Waals surface area (Å²) >= 11 is 0. The summed E-state index contributed by atoms with van der Waals surface area (Å²) < 4.78 is 0. The first-order chi connectivity index (χ1) is 12.4. The summed E-state index contributed by atoms with van der Waals surface area (Å²) in [6.07, 6.45) is 2.31. The Labute approximate surface area is 151 Å². The maximum atomic E-state index is 12.3. The minimum Gasteiger partial charge on any atom is -0.370 e. The Morgan fingerprint density at radius 1 is 0.962 bits per heavy atom. The summed E-state index contributed by atoms with van der Waals surface area (Å²) in [6.45, 7) is 0. The van der Waals surface area contributed by atoms with Gasteiger partial charge in [0.2, 0.25) is 17.7 Å². The van der Waals surface area contributed by atoms with Crippen LogP contribution < -0.4 is 16.8 Å². The molecule has 1 saturated carbocycles. The van der Waals surface area contributed by atoms with Gasteiger partial charge >= 0.3 is 0 Å². The molecule has 0 spiro atoms. The van der Waals surface area contributed by atoms with Crippen molar-refractivity contribution in [2.75, 3.05) is 5.32 Å². The number of nitrogens with one attached hydrogen (secondary N) is 1. The fraction of sp³-hybridized carbons (Fsp3) is 0.250. The lowest BCUT2D eigenvalue weighted by atomic mass is 9.92. The summed E-state index contributed by atoms with van der Waals surface area (Å²) in [6, 6.07) is 14.3. The lowest BCUT2D eigenvalue weighted by molar-refractivity contribution is -0.118. The molecule has 2 aromatic rings. The molecule has 3 rings (SSSR count). The highest BCUT2D eigenvalue weighted by atomic mass is 16.2. The van der Waals surface area contributed by atoms with Gasteiger partial charge in [0, 0.05) is 23.1 Å². The molecule has 1 aliphatic rings. The van der Waals surface area contributed by atoms with Crippen molar-refractivity contribution in [3.05, 3.63) is 65.2 Å². The summed E-state index contributed by atoms with van der Waals surface area (Å²) in [5.74, 6) is -1.08. The molecule has 0 radical (unpaired) electrons. The van der Waals surface area contributed by atoms with Gasteiger partial charge < -0.3 is 16.8 Å². The van der Waals surface area contributed by atoms with E-state index in [2.05, 4.69) is 5.32 Å². The molecule has 26 heavy (non-hydrogen) atoms. The minimum atomic E-state index is -0.554. The van der Waals surface area contributed by atoms with Crippen LogP contribution in [0.2, 0.25) is 0 Å². The van der Waals surface area contributed by atoms with Crippen molar-refractivity contribution in [3.63, 3.8) is 0 Å². The molecule has 0 unspecified atom stereocenters. The van der Waals surface area contributed by atoms with Crippen LogP contribution >= 0.6 is 0 Å². The summed E-state index contributed by atoms with van der Waals surface area (Å²) in [5, 5.41) is 2.81. The van der Waals surface area contributed by atoms with Crippen LogP contribution in [0.3, 0.4) is 0 Å². The van der Waals surface area contributed by atoms with E-state index in [0.29, 0.717) is 23.2 Å². The quantitative estimate of drug-likeness (QED) is 0.707. The first kappa shape index (κ1) is 17.7. The topological polar surface area (TPSA) is 115 Å². The van der Waals surface area contributed by atoms with E-state index in [1.54, 1.807) is 24.3 Å². The van der Waals surface area contributed by atoms with Gasteiger partial charge in [-0.1, -0.05) is 30.3 Å². The third kappa shape index (κ3) is 3.91. The van der Waals surface area contributed by atoms with E-state index in [0.717, 1.165) is 18.4 Å². The van der Waals surface area contributed by atoms with Crippen LogP contribution in [-0.4, -0.2) is 17.7 Å². The SMILES string of the molecule is NC(=O)CC1(c2ccc(NC(=O)Cc3ccccc3C(N)=O)cc2)CC1. The third-order valence-corrected chi connectivity index (χ3v) is 4.78. The Kier molecular flexibility index (Phi) is 4.75. The zero-order chi connectivity index (χ0) is 18.7. The molecule has 0 aromatic heterocycles. The molecule has 1 fully saturated rings. The van der Waals surface area contributed by atoms with Gasteiger partial charge in [0.15, 0.2) is 0 Å². The number of nitrogens with two attached hydrogens (primary N) is 2. The van der Waals surface area contributed by atoms with E-state index in [-0.39, 0.29) is 23.7 Å². The van der Waals surface area contributed by atoms with Crippen molar-refractivity contribution in [2.45, 2.75) is 31.1 Å². The zero-order valence-electron chi connectivity index (χ0n) is 14.3. The molecule has 5 N–H and O–H groups in total. The Bertz CT molecular complexity index is 855. The highest BCUT2D eigenvalue weighted by Gasteiger charge is 2.45. The Morgan fingerprint density at radius 2 is 1.62 bits per heavy atom. The molecule has 134 valence electrons. The predicted molar refractivity (Wildman–Crippen MR) is 98.5 cm³/mol. The number of rotatable bonds is 7. The maximum absolute atomic E-state index is 12.3. The molecule has 6 nitrogen and oxygen atoms in total. The maximum Gasteiger partial charge on any atom is 0.248 e. The zero-order valence-corrected chi connectivity index (χ0v) is 14.3. The lowest BCUT2D eigenvalue weighted by Gasteiger charge is -2.14. The van der Waals surface area contributed by atoms with Gasteiger partial charge in [-0.3, -0.25) is 14.4 Å². The smallest absolute Gasteiger partial charge is 0.248 e. The van der Waals surface area contributed by atoms with Crippen molar-refractivity contribution in [1.29, 1.82) is 0 Å². The molecule has 0 bridgehead atoms. The predicted octanol–water partition coefficient (Wildman–Crippen LogP) is 1.87. The fourth-order valence-electron chi connectivity index (χ4n) is 3.25. The number of hydrogen-bond donors (Lipinski definition) is 3. The highest BCUT2D eigenvalue weighted by molar-refractivity contribution is 5.98. The molecule has 6 heteroatoms. The van der Waals surface area contributed by atoms with Gasteiger partial charge in [0.1, 0.15) is 0 Å². The summed E-state index contributed by atoms with van der Waals surface area (Å²) in [5.41, 5.74) is 13.2. The molecule has 2 aromatic carbocycles. The average molecular weight is 351 g/mol. The first-order valence-corrected chi connectivity index (χ1v) is 8.46. The van der Waals surface area contributed by atoms with E-state index < -0.39 is 5.91 Å². The number of benzene rings is 2. The average Bonchev–Trinajstić information content (AvgIpc) is 3.35. The van der Waals surface area contributed by atoms with Gasteiger partial charge in [0.05, 0.1) is 6.42 Å². The van der Waals surface area contributed by atoms with Gasteiger partial charge in [-0.25, -0.2) is 0 Å². The number of hydrogen-bond acceptors (Lipinski definition) is 3. The van der Waals surface area contributed by atoms with Crippen molar-refractivity contribution in [3.8, 4) is 0 Å². The fourth-order valence-corrected chi connectivity index (χ4v) is 3.25. The molecule has 0 atom stereocenters. The van der Waals surface area contributed by atoms with Crippen LogP contribution in [0, 0.1) is 0 Å². The Hall–Kier alpha value is -3.15. The van der Waals surface area contributed by atoms with Gasteiger partial charge in [-0.15, -0.1) is 0 Å². The standard InChI is InChI=1S/C20H21N3O3/c21-17(24)12-20(9-10-20)14-5-7-15(8-6-14)23-18(25)11-13-3-1-2-4-16(13)19(22)26/h1-8H,9-12H2,(H2,21,24)(H2,22,26)(H,23,25). The van der Waals surface area contributed by atoms with Crippen LogP contribution in [0.5, 0.6) is 0 Å². The van der Waals surface area contributed by atoms with Crippen LogP contribution in [-0.2, 0) is 21.4 Å². The van der Waals surface area contributed by atoms with Gasteiger partial charge in [-0.05, 0) is 42.2 Å². The Morgan fingerprint density at radius 3 is 2.19 bits per heavy atom. The normalized spacial score (nSPS) is 14.5. The third-order valence-electron chi connectivity index (χ3n) is 4.78. The molecular formula is C20H21N3O3. The van der Waals surface area contributed by atoms with Crippen molar-refractivity contribution in [1.82, 2.24) is 0 Å². The van der Waals surface area contributed by atoms with Crippen molar-refractivity contribution in [2.24, 2.45) is 11.5 Å². The molecular weight excluding hydrogens is 330 g/mol. The lowest BCUT2D eigenvalue weighted by Crippen LogP contribution is -2.20. The van der Waals surface area contributed by atoms with Crippen LogP contribution in [0.4, 0.5) is 5.69 Å². The van der Waals surface area contributed by atoms with Crippen LogP contribution in [0.25, 0.3) is 0 Å². The van der Waals surface area contributed by atoms with Gasteiger partial charge in [-0.2, -0.15) is 0 Å². The number of primary amides is 2. The van der Waals surface area contributed by atoms with Crippen molar-refractivity contribution < 1.29 is 14.4 Å². The second kappa shape index (κ2) is 7.00. The second-order valence-electron chi connectivity index (χ2n) is 6.75. The van der Waals surface area contributed by atoms with E-state index in [1.165, 1.54) is 0 Å². The number of carbonyl (C=O) groups excluding carboxylic acids is 3. The molecule has 0 aliphatic heterocycles. The van der Waals surface area contributed by atoms with E-state index in [4.69, 9.17) is 11.5 Å². The first-order valence-electron chi connectivity index (χ1n) is 8.46. The van der Waals surface area contributed by atoms with E-state index in [1.807, 2.05) is 24.3 Å². The Balaban J connectivity index is 1.66. The van der Waals surface area contributed by atoms with Crippen molar-refractivity contribution >= 4 is 23.4 Å². The number of amides is 3. The minimum absolute atomic E-state index is 0.0620. The number of carbonyl (C=O) groups is 3. The monoisotopic (exact) mass is 351 g/mol. The summed E-state index contributed by atoms with van der Waals surface area (Å²) in [4.78, 5) is 34.9. The number of anilines is 1. The van der Waals surface area contributed by atoms with Crippen LogP contribution in [0.15, 0.2) is 48.5 Å². The molecule has 1 aliphatic carbocycles. The molecule has 0 saturated heterocycles. The van der Waals surface area contributed by atoms with Crippen LogP contribution in [0.1, 0.15) is 40.7 Å².